The smallest absolute Gasteiger partial charge is 0.0467 e. The largest absolute Gasteiger partial charge is 0.399 e. The Bertz CT molecular complexity index is 512. The Hall–Kier alpha value is -1.96. The number of anilines is 3. The number of rotatable bonds is 2. The van der Waals surface area contributed by atoms with E-state index in [4.69, 9.17) is 5.73 Å². The number of nitrogen functional groups attached to an aromatic ring is 1. The Kier molecular flexibility index (Phi) is 3.05. The summed E-state index contributed by atoms with van der Waals surface area (Å²) < 4.78 is 0. The zero-order valence-corrected chi connectivity index (χ0v) is 10.6. The molecule has 0 amide bonds. The van der Waals surface area contributed by atoms with Crippen molar-refractivity contribution in [3.63, 3.8) is 0 Å². The van der Waals surface area contributed by atoms with E-state index in [1.165, 1.54) is 16.8 Å². The maximum absolute atomic E-state index is 5.82. The summed E-state index contributed by atoms with van der Waals surface area (Å²) in [7, 11) is 2.07. The first kappa shape index (κ1) is 11.5. The second-order valence-corrected chi connectivity index (χ2v) is 4.39. The number of hydrogen-bond acceptors (Lipinski definition) is 2. The summed E-state index contributed by atoms with van der Waals surface area (Å²) in [6.07, 6.45) is 0. The fourth-order valence-corrected chi connectivity index (χ4v) is 2.20. The van der Waals surface area contributed by atoms with Crippen molar-refractivity contribution in [3.05, 3.63) is 53.6 Å². The van der Waals surface area contributed by atoms with E-state index in [1.54, 1.807) is 0 Å². The third kappa shape index (κ3) is 2.26. The number of nitrogens with zero attached hydrogens (tertiary/aromatic N) is 1. The van der Waals surface area contributed by atoms with Crippen LogP contribution in [-0.2, 0) is 0 Å². The summed E-state index contributed by atoms with van der Waals surface area (Å²) in [4.78, 5) is 2.18. The average molecular weight is 226 g/mol. The van der Waals surface area contributed by atoms with Gasteiger partial charge < -0.3 is 10.6 Å². The van der Waals surface area contributed by atoms with Gasteiger partial charge in [0.25, 0.3) is 0 Å². The Morgan fingerprint density at radius 3 is 2.12 bits per heavy atom. The summed E-state index contributed by atoms with van der Waals surface area (Å²) in [6.45, 7) is 4.26. The summed E-state index contributed by atoms with van der Waals surface area (Å²) in [5.74, 6) is 0. The number of nitrogens with two attached hydrogens (primary N) is 1. The zero-order valence-electron chi connectivity index (χ0n) is 10.6. The van der Waals surface area contributed by atoms with Gasteiger partial charge in [-0.05, 0) is 43.2 Å². The highest BCUT2D eigenvalue weighted by atomic mass is 15.1. The molecule has 0 aromatic heterocycles. The van der Waals surface area contributed by atoms with Crippen LogP contribution >= 0.6 is 0 Å². The maximum atomic E-state index is 5.82. The molecule has 0 saturated heterocycles. The summed E-state index contributed by atoms with van der Waals surface area (Å²) in [6, 6.07) is 14.3. The number of para-hydroxylation sites is 1. The van der Waals surface area contributed by atoms with E-state index in [0.29, 0.717) is 0 Å². The van der Waals surface area contributed by atoms with Crippen molar-refractivity contribution in [2.45, 2.75) is 13.8 Å². The van der Waals surface area contributed by atoms with E-state index in [0.717, 1.165) is 11.4 Å². The molecule has 0 aliphatic heterocycles. The minimum Gasteiger partial charge on any atom is -0.399 e. The van der Waals surface area contributed by atoms with Crippen LogP contribution in [0.2, 0.25) is 0 Å². The van der Waals surface area contributed by atoms with Crippen molar-refractivity contribution in [1.82, 2.24) is 0 Å². The second kappa shape index (κ2) is 4.50. The molecular weight excluding hydrogens is 208 g/mol. The molecule has 0 atom stereocenters. The van der Waals surface area contributed by atoms with Crippen LogP contribution in [0.1, 0.15) is 11.1 Å². The van der Waals surface area contributed by atoms with E-state index in [1.807, 2.05) is 18.2 Å². The van der Waals surface area contributed by atoms with Crippen LogP contribution in [0.25, 0.3) is 0 Å². The molecule has 0 heterocycles. The lowest BCUT2D eigenvalue weighted by atomic mass is 10.1. The fourth-order valence-electron chi connectivity index (χ4n) is 2.20. The van der Waals surface area contributed by atoms with Crippen LogP contribution in [0.5, 0.6) is 0 Å². The monoisotopic (exact) mass is 226 g/mol. The molecule has 0 bridgehead atoms. The van der Waals surface area contributed by atoms with Crippen molar-refractivity contribution in [2.75, 3.05) is 17.7 Å². The van der Waals surface area contributed by atoms with Gasteiger partial charge in [-0.15, -0.1) is 0 Å². The summed E-state index contributed by atoms with van der Waals surface area (Å²) in [5, 5.41) is 0. The average Bonchev–Trinajstić information content (AvgIpc) is 2.28. The first-order valence-electron chi connectivity index (χ1n) is 5.75. The van der Waals surface area contributed by atoms with Gasteiger partial charge >= 0.3 is 0 Å². The predicted molar refractivity (Wildman–Crippen MR) is 74.8 cm³/mol. The quantitative estimate of drug-likeness (QED) is 0.792. The normalized spacial score (nSPS) is 10.3. The third-order valence-corrected chi connectivity index (χ3v) is 3.03. The van der Waals surface area contributed by atoms with Gasteiger partial charge in [0.05, 0.1) is 0 Å². The molecule has 2 rings (SSSR count). The van der Waals surface area contributed by atoms with Crippen LogP contribution < -0.4 is 10.6 Å². The molecule has 0 radical (unpaired) electrons. The van der Waals surface area contributed by atoms with Crippen molar-refractivity contribution in [2.24, 2.45) is 0 Å². The number of aryl methyl sites for hydroxylation is 2. The van der Waals surface area contributed by atoms with Crippen LogP contribution in [0, 0.1) is 13.8 Å². The molecule has 0 aliphatic carbocycles. The van der Waals surface area contributed by atoms with Gasteiger partial charge in [-0.3, -0.25) is 0 Å². The highest BCUT2D eigenvalue weighted by molar-refractivity contribution is 5.70. The number of hydrogen-bond donors (Lipinski definition) is 1. The topological polar surface area (TPSA) is 29.3 Å². The van der Waals surface area contributed by atoms with E-state index in [9.17, 15) is 0 Å². The van der Waals surface area contributed by atoms with Crippen molar-refractivity contribution in [1.29, 1.82) is 0 Å². The first-order valence-corrected chi connectivity index (χ1v) is 5.75. The Morgan fingerprint density at radius 1 is 0.941 bits per heavy atom. The highest BCUT2D eigenvalue weighted by Gasteiger charge is 2.09. The van der Waals surface area contributed by atoms with Crippen molar-refractivity contribution < 1.29 is 0 Å². The Morgan fingerprint density at radius 2 is 1.53 bits per heavy atom. The van der Waals surface area contributed by atoms with Crippen LogP contribution in [0.15, 0.2) is 42.5 Å². The molecule has 0 unspecified atom stereocenters. The SMILES string of the molecule is Cc1cccc(C)c1N(C)c1cccc(N)c1. The van der Waals surface area contributed by atoms with Gasteiger partial charge in [0.2, 0.25) is 0 Å². The summed E-state index contributed by atoms with van der Waals surface area (Å²) >= 11 is 0. The molecule has 0 saturated carbocycles. The van der Waals surface area contributed by atoms with Gasteiger partial charge in [0, 0.05) is 24.1 Å². The molecule has 0 aliphatic rings. The highest BCUT2D eigenvalue weighted by Crippen LogP contribution is 2.30. The molecule has 2 N–H and O–H groups in total. The first-order chi connectivity index (χ1) is 8.09. The molecule has 0 fully saturated rings. The molecule has 2 nitrogen and oxygen atoms in total. The maximum Gasteiger partial charge on any atom is 0.0467 e. The van der Waals surface area contributed by atoms with Crippen molar-refractivity contribution >= 4 is 17.1 Å². The van der Waals surface area contributed by atoms with Crippen LogP contribution in [0.3, 0.4) is 0 Å². The molecule has 2 heteroatoms. The van der Waals surface area contributed by atoms with Crippen molar-refractivity contribution in [3.8, 4) is 0 Å². The molecule has 2 aromatic carbocycles. The second-order valence-electron chi connectivity index (χ2n) is 4.39. The lowest BCUT2D eigenvalue weighted by molar-refractivity contribution is 1.16. The minimum atomic E-state index is 0.792. The zero-order chi connectivity index (χ0) is 12.4. The van der Waals surface area contributed by atoms with Gasteiger partial charge in [-0.2, -0.15) is 0 Å². The van der Waals surface area contributed by atoms with E-state index >= 15 is 0 Å². The van der Waals surface area contributed by atoms with E-state index in [-0.39, 0.29) is 0 Å². The Labute approximate surface area is 103 Å². The molecular formula is C15H18N2. The molecule has 2 aromatic rings. The van der Waals surface area contributed by atoms with Crippen LogP contribution in [-0.4, -0.2) is 7.05 Å². The third-order valence-electron chi connectivity index (χ3n) is 3.03. The minimum absolute atomic E-state index is 0.792. The van der Waals surface area contributed by atoms with Gasteiger partial charge in [-0.1, -0.05) is 24.3 Å². The molecule has 0 spiro atoms. The molecule has 17 heavy (non-hydrogen) atoms. The van der Waals surface area contributed by atoms with E-state index < -0.39 is 0 Å². The number of benzene rings is 2. The summed E-state index contributed by atoms with van der Waals surface area (Å²) in [5.41, 5.74) is 11.5. The van der Waals surface area contributed by atoms with Crippen LogP contribution in [0.4, 0.5) is 17.1 Å². The standard InChI is InChI=1S/C15H18N2/c1-11-6-4-7-12(2)15(11)17(3)14-9-5-8-13(16)10-14/h4-10H,16H2,1-3H3. The Balaban J connectivity index is 2.47. The lowest BCUT2D eigenvalue weighted by Crippen LogP contribution is -2.12. The lowest BCUT2D eigenvalue weighted by Gasteiger charge is -2.24. The fraction of sp³-hybridized carbons (Fsp3) is 0.200. The predicted octanol–water partition coefficient (Wildman–Crippen LogP) is 3.65. The van der Waals surface area contributed by atoms with E-state index in [2.05, 4.69) is 50.1 Å². The molecule has 88 valence electrons. The van der Waals surface area contributed by atoms with Gasteiger partial charge in [-0.25, -0.2) is 0 Å². The van der Waals surface area contributed by atoms with Gasteiger partial charge in [0.1, 0.15) is 0 Å². The van der Waals surface area contributed by atoms with Gasteiger partial charge in [0.15, 0.2) is 0 Å².